The number of carboxylic acids is 1. The number of aromatic nitrogens is 2. The molecule has 0 amide bonds. The van der Waals surface area contributed by atoms with Crippen LogP contribution in [0, 0.1) is 20.8 Å². The molecule has 0 aliphatic heterocycles. The molecule has 1 N–H and O–H groups in total. The number of imidazole rings is 1. The van der Waals surface area contributed by atoms with E-state index in [1.54, 1.807) is 6.20 Å². The fourth-order valence-electron chi connectivity index (χ4n) is 2.57. The number of hydrogen-bond acceptors (Lipinski definition) is 2. The van der Waals surface area contributed by atoms with E-state index in [-0.39, 0.29) is 5.69 Å². The van der Waals surface area contributed by atoms with Crippen molar-refractivity contribution in [3.8, 4) is 17.1 Å². The van der Waals surface area contributed by atoms with Crippen molar-refractivity contribution in [1.29, 1.82) is 0 Å². The quantitative estimate of drug-likeness (QED) is 0.790. The van der Waals surface area contributed by atoms with Gasteiger partial charge in [-0.25, -0.2) is 9.78 Å². The molecule has 23 heavy (non-hydrogen) atoms. The van der Waals surface area contributed by atoms with Gasteiger partial charge in [-0.05, 0) is 38.0 Å². The topological polar surface area (TPSA) is 55.1 Å². The Morgan fingerprint density at radius 2 is 1.74 bits per heavy atom. The van der Waals surface area contributed by atoms with E-state index in [9.17, 15) is 9.90 Å². The van der Waals surface area contributed by atoms with Gasteiger partial charge in [-0.2, -0.15) is 0 Å². The van der Waals surface area contributed by atoms with Crippen LogP contribution in [0.2, 0.25) is 0 Å². The molecule has 0 aliphatic carbocycles. The van der Waals surface area contributed by atoms with Gasteiger partial charge in [0.05, 0.1) is 5.69 Å². The lowest BCUT2D eigenvalue weighted by Gasteiger charge is -2.12. The highest BCUT2D eigenvalue weighted by atomic mass is 16.4. The smallest absolute Gasteiger partial charge is 0.356 e. The normalized spacial score (nSPS) is 10.7. The van der Waals surface area contributed by atoms with Crippen LogP contribution in [-0.2, 0) is 0 Å². The molecule has 0 unspecified atom stereocenters. The summed E-state index contributed by atoms with van der Waals surface area (Å²) in [4.78, 5) is 15.7. The van der Waals surface area contributed by atoms with E-state index < -0.39 is 5.97 Å². The van der Waals surface area contributed by atoms with Gasteiger partial charge in [0.2, 0.25) is 0 Å². The largest absolute Gasteiger partial charge is 0.476 e. The lowest BCUT2D eigenvalue weighted by Crippen LogP contribution is -2.00. The van der Waals surface area contributed by atoms with Crippen molar-refractivity contribution in [2.24, 2.45) is 0 Å². The third kappa shape index (κ3) is 2.75. The zero-order valence-electron chi connectivity index (χ0n) is 13.4. The fourth-order valence-corrected chi connectivity index (χ4v) is 2.57. The molecule has 0 bridgehead atoms. The molecule has 0 saturated carbocycles. The van der Waals surface area contributed by atoms with Crippen LogP contribution in [-0.4, -0.2) is 20.6 Å². The first-order chi connectivity index (χ1) is 11.0. The average molecular weight is 306 g/mol. The maximum absolute atomic E-state index is 11.4. The van der Waals surface area contributed by atoms with Crippen molar-refractivity contribution in [2.45, 2.75) is 20.8 Å². The van der Waals surface area contributed by atoms with Crippen LogP contribution in [0.4, 0.5) is 0 Å². The van der Waals surface area contributed by atoms with Crippen LogP contribution < -0.4 is 0 Å². The molecule has 1 aromatic heterocycles. The van der Waals surface area contributed by atoms with Gasteiger partial charge in [0, 0.05) is 11.8 Å². The Morgan fingerprint density at radius 3 is 2.39 bits per heavy atom. The molecule has 1 heterocycles. The van der Waals surface area contributed by atoms with Gasteiger partial charge < -0.3 is 5.11 Å². The van der Waals surface area contributed by atoms with Crippen LogP contribution >= 0.6 is 0 Å². The van der Waals surface area contributed by atoms with E-state index in [0.29, 0.717) is 5.82 Å². The number of carboxylic acid groups (broad SMARTS) is 1. The number of aryl methyl sites for hydroxylation is 2. The zero-order chi connectivity index (χ0) is 16.6. The Kier molecular flexibility index (Phi) is 3.74. The second kappa shape index (κ2) is 5.72. The second-order valence-corrected chi connectivity index (χ2v) is 5.71. The van der Waals surface area contributed by atoms with Gasteiger partial charge in [-0.15, -0.1) is 0 Å². The summed E-state index contributed by atoms with van der Waals surface area (Å²) in [6, 6.07) is 13.9. The van der Waals surface area contributed by atoms with E-state index >= 15 is 0 Å². The number of rotatable bonds is 3. The van der Waals surface area contributed by atoms with Gasteiger partial charge in [0.1, 0.15) is 5.82 Å². The monoisotopic (exact) mass is 306 g/mol. The van der Waals surface area contributed by atoms with Crippen molar-refractivity contribution in [3.63, 3.8) is 0 Å². The standard InChI is InChI=1S/C19H18N2O2/c1-12-7-9-15(10-8-12)18-20-16(19(22)23)11-21(18)17-6-4-5-13(2)14(17)3/h4-11H,1-3H3,(H,22,23). The Balaban J connectivity index is 2.25. The van der Waals surface area contributed by atoms with E-state index in [2.05, 4.69) is 4.98 Å². The summed E-state index contributed by atoms with van der Waals surface area (Å²) >= 11 is 0. The molecule has 0 atom stereocenters. The molecule has 4 heteroatoms. The van der Waals surface area contributed by atoms with E-state index in [0.717, 1.165) is 27.9 Å². The molecule has 0 fully saturated rings. The molecular weight excluding hydrogens is 288 g/mol. The molecule has 0 saturated heterocycles. The Bertz CT molecular complexity index is 877. The van der Waals surface area contributed by atoms with E-state index in [1.165, 1.54) is 0 Å². The molecule has 2 aromatic carbocycles. The molecule has 0 spiro atoms. The maximum atomic E-state index is 11.4. The third-order valence-corrected chi connectivity index (χ3v) is 4.07. The Morgan fingerprint density at radius 1 is 1.04 bits per heavy atom. The first-order valence-electron chi connectivity index (χ1n) is 7.43. The van der Waals surface area contributed by atoms with Gasteiger partial charge in [0.15, 0.2) is 5.69 Å². The molecule has 3 aromatic rings. The van der Waals surface area contributed by atoms with Crippen LogP contribution in [0.3, 0.4) is 0 Å². The predicted octanol–water partition coefficient (Wildman–Crippen LogP) is 4.16. The SMILES string of the molecule is Cc1ccc(-c2nc(C(=O)O)cn2-c2cccc(C)c2C)cc1. The van der Waals surface area contributed by atoms with Crippen LogP contribution in [0.1, 0.15) is 27.2 Å². The number of aromatic carboxylic acids is 1. The third-order valence-electron chi connectivity index (χ3n) is 4.07. The summed E-state index contributed by atoms with van der Waals surface area (Å²) in [7, 11) is 0. The lowest BCUT2D eigenvalue weighted by atomic mass is 10.1. The van der Waals surface area contributed by atoms with E-state index in [1.807, 2.05) is 67.8 Å². The highest BCUT2D eigenvalue weighted by Gasteiger charge is 2.17. The maximum Gasteiger partial charge on any atom is 0.356 e. The zero-order valence-corrected chi connectivity index (χ0v) is 13.4. The van der Waals surface area contributed by atoms with Crippen LogP contribution in [0.25, 0.3) is 17.1 Å². The summed E-state index contributed by atoms with van der Waals surface area (Å²) in [5.74, 6) is -0.390. The number of carbonyl (C=O) groups is 1. The minimum absolute atomic E-state index is 0.0430. The Hall–Kier alpha value is -2.88. The molecule has 116 valence electrons. The molecular formula is C19H18N2O2. The van der Waals surface area contributed by atoms with Crippen molar-refractivity contribution < 1.29 is 9.90 Å². The highest BCUT2D eigenvalue weighted by Crippen LogP contribution is 2.26. The molecule has 0 radical (unpaired) electrons. The second-order valence-electron chi connectivity index (χ2n) is 5.71. The van der Waals surface area contributed by atoms with Crippen molar-refractivity contribution in [2.75, 3.05) is 0 Å². The molecule has 4 nitrogen and oxygen atoms in total. The minimum Gasteiger partial charge on any atom is -0.476 e. The van der Waals surface area contributed by atoms with Crippen LogP contribution in [0.5, 0.6) is 0 Å². The Labute approximate surface area is 135 Å². The number of nitrogens with zero attached hydrogens (tertiary/aromatic N) is 2. The van der Waals surface area contributed by atoms with Gasteiger partial charge in [0.25, 0.3) is 0 Å². The minimum atomic E-state index is -1.03. The molecule has 3 rings (SSSR count). The van der Waals surface area contributed by atoms with Gasteiger partial charge >= 0.3 is 5.97 Å². The highest BCUT2D eigenvalue weighted by molar-refractivity contribution is 5.86. The lowest BCUT2D eigenvalue weighted by molar-refractivity contribution is 0.0691. The fraction of sp³-hybridized carbons (Fsp3) is 0.158. The summed E-state index contributed by atoms with van der Waals surface area (Å²) in [5, 5.41) is 9.31. The first-order valence-corrected chi connectivity index (χ1v) is 7.43. The first kappa shape index (κ1) is 15.0. The van der Waals surface area contributed by atoms with E-state index in [4.69, 9.17) is 0 Å². The summed E-state index contributed by atoms with van der Waals surface area (Å²) in [6.07, 6.45) is 1.58. The van der Waals surface area contributed by atoms with Crippen molar-refractivity contribution in [1.82, 2.24) is 9.55 Å². The summed E-state index contributed by atoms with van der Waals surface area (Å²) < 4.78 is 1.86. The summed E-state index contributed by atoms with van der Waals surface area (Å²) in [6.45, 7) is 6.09. The van der Waals surface area contributed by atoms with Crippen LogP contribution in [0.15, 0.2) is 48.7 Å². The average Bonchev–Trinajstić information content (AvgIpc) is 2.96. The summed E-state index contributed by atoms with van der Waals surface area (Å²) in [5.41, 5.74) is 5.29. The van der Waals surface area contributed by atoms with Gasteiger partial charge in [-0.1, -0.05) is 42.0 Å². The number of benzene rings is 2. The predicted molar refractivity (Wildman–Crippen MR) is 90.2 cm³/mol. The van der Waals surface area contributed by atoms with Crippen molar-refractivity contribution >= 4 is 5.97 Å². The number of hydrogen-bond donors (Lipinski definition) is 1. The van der Waals surface area contributed by atoms with Crippen molar-refractivity contribution in [3.05, 3.63) is 71.0 Å². The van der Waals surface area contributed by atoms with Gasteiger partial charge in [-0.3, -0.25) is 4.57 Å². The molecule has 0 aliphatic rings.